The van der Waals surface area contributed by atoms with Gasteiger partial charge < -0.3 is 30.7 Å². The number of carbonyl (C=O) groups excluding carboxylic acids is 2. The number of rotatable bonds is 9. The van der Waals surface area contributed by atoms with Gasteiger partial charge in [-0.1, -0.05) is 12.1 Å². The molecule has 14 heteroatoms. The molecule has 4 N–H and O–H groups in total. The van der Waals surface area contributed by atoms with Gasteiger partial charge in [0.25, 0.3) is 5.91 Å². The van der Waals surface area contributed by atoms with Crippen LogP contribution in [0.4, 0.5) is 27.8 Å². The van der Waals surface area contributed by atoms with Gasteiger partial charge in [0.15, 0.2) is 23.1 Å². The van der Waals surface area contributed by atoms with Gasteiger partial charge in [-0.15, -0.1) is 10.2 Å². The normalized spacial score (nSPS) is 11.0. The largest absolute Gasteiger partial charge is 0.494 e. The van der Waals surface area contributed by atoms with E-state index in [1.807, 2.05) is 12.1 Å². The van der Waals surface area contributed by atoms with Gasteiger partial charge in [0.1, 0.15) is 17.7 Å². The Bertz CT molecular complexity index is 1530. The van der Waals surface area contributed by atoms with Gasteiger partial charge in [0.2, 0.25) is 0 Å². The molecule has 0 bridgehead atoms. The molecule has 0 fully saturated rings. The van der Waals surface area contributed by atoms with E-state index in [0.717, 1.165) is 5.56 Å². The maximum absolute atomic E-state index is 12.6. The van der Waals surface area contributed by atoms with Crippen molar-refractivity contribution in [1.29, 1.82) is 0 Å². The SMILES string of the molecule is CNC(=O)c1nnc(Nc2ccc(CNC(=O)OC(C)(C)C)cn2)cc1Nc1cccc(-c2ncn(C)n2)c1OC. The number of benzene rings is 1. The zero-order valence-corrected chi connectivity index (χ0v) is 23.6. The first-order chi connectivity index (χ1) is 19.6. The second kappa shape index (κ2) is 12.3. The minimum atomic E-state index is -0.581. The lowest BCUT2D eigenvalue weighted by Gasteiger charge is -2.19. The van der Waals surface area contributed by atoms with Crippen molar-refractivity contribution in [2.75, 3.05) is 24.8 Å². The third-order valence-electron chi connectivity index (χ3n) is 5.48. The summed E-state index contributed by atoms with van der Waals surface area (Å²) in [5, 5.41) is 24.2. The van der Waals surface area contributed by atoms with E-state index in [2.05, 4.69) is 46.5 Å². The van der Waals surface area contributed by atoms with Gasteiger partial charge in [0, 0.05) is 32.9 Å². The van der Waals surface area contributed by atoms with Crippen LogP contribution in [0.1, 0.15) is 36.8 Å². The fraction of sp³-hybridized carbons (Fsp3) is 0.296. The summed E-state index contributed by atoms with van der Waals surface area (Å²) in [7, 11) is 4.83. The van der Waals surface area contributed by atoms with Crippen LogP contribution >= 0.6 is 0 Å². The van der Waals surface area contributed by atoms with E-state index in [4.69, 9.17) is 9.47 Å². The lowest BCUT2D eigenvalue weighted by molar-refractivity contribution is 0.0523. The van der Waals surface area contributed by atoms with Gasteiger partial charge in [0.05, 0.1) is 24.0 Å². The number of hydrogen-bond acceptors (Lipinski definition) is 11. The van der Waals surface area contributed by atoms with Crippen LogP contribution in [0.3, 0.4) is 0 Å². The van der Waals surface area contributed by atoms with Gasteiger partial charge in [-0.05, 0) is 44.5 Å². The predicted molar refractivity (Wildman–Crippen MR) is 152 cm³/mol. The Balaban J connectivity index is 1.54. The number of carbonyl (C=O) groups is 2. The van der Waals surface area contributed by atoms with Crippen LogP contribution in [0, 0.1) is 0 Å². The standard InChI is InChI=1S/C27H32N10O4/c1-27(2,3)41-26(39)30-14-16-10-11-20(29-13-16)33-21-12-19(22(35-34-21)25(38)28-4)32-18-9-7-8-17(23(18)40-6)24-31-15-37(5)36-24/h7-13,15H,14H2,1-6H3,(H,28,38)(H,30,39)(H2,29,32,33,34). The number of methoxy groups -OCH3 is 1. The summed E-state index contributed by atoms with van der Waals surface area (Å²) in [6, 6.07) is 10.7. The zero-order chi connectivity index (χ0) is 29.6. The van der Waals surface area contributed by atoms with Crippen molar-refractivity contribution in [3.63, 3.8) is 0 Å². The van der Waals surface area contributed by atoms with E-state index in [1.165, 1.54) is 7.05 Å². The Morgan fingerprint density at radius 1 is 1.00 bits per heavy atom. The molecule has 0 aliphatic rings. The summed E-state index contributed by atoms with van der Waals surface area (Å²) in [6.45, 7) is 5.65. The summed E-state index contributed by atoms with van der Waals surface area (Å²) in [4.78, 5) is 33.2. The second-order valence-corrected chi connectivity index (χ2v) is 9.86. The molecule has 14 nitrogen and oxygen atoms in total. The van der Waals surface area contributed by atoms with Crippen LogP contribution in [0.25, 0.3) is 11.4 Å². The van der Waals surface area contributed by atoms with E-state index in [9.17, 15) is 9.59 Å². The lowest BCUT2D eigenvalue weighted by atomic mass is 10.1. The van der Waals surface area contributed by atoms with Gasteiger partial charge in [-0.2, -0.15) is 5.10 Å². The fourth-order valence-corrected chi connectivity index (χ4v) is 3.70. The average Bonchev–Trinajstić information content (AvgIpc) is 3.37. The van der Waals surface area contributed by atoms with Crippen molar-refractivity contribution in [2.45, 2.75) is 32.9 Å². The van der Waals surface area contributed by atoms with Gasteiger partial charge in [-0.25, -0.2) is 14.8 Å². The molecule has 3 aromatic heterocycles. The predicted octanol–water partition coefficient (Wildman–Crippen LogP) is 3.55. The number of anilines is 4. The molecule has 0 aliphatic heterocycles. The van der Waals surface area contributed by atoms with Crippen molar-refractivity contribution in [3.8, 4) is 17.1 Å². The van der Waals surface area contributed by atoms with Crippen molar-refractivity contribution in [1.82, 2.24) is 40.6 Å². The highest BCUT2D eigenvalue weighted by Crippen LogP contribution is 2.37. The molecular formula is C27H32N10O4. The minimum absolute atomic E-state index is 0.0815. The van der Waals surface area contributed by atoms with Gasteiger partial charge in [-0.3, -0.25) is 9.48 Å². The molecule has 1 aromatic carbocycles. The average molecular weight is 561 g/mol. The summed E-state index contributed by atoms with van der Waals surface area (Å²) >= 11 is 0. The minimum Gasteiger partial charge on any atom is -0.494 e. The summed E-state index contributed by atoms with van der Waals surface area (Å²) in [5.41, 5.74) is 1.90. The molecule has 4 aromatic rings. The van der Waals surface area contributed by atoms with Crippen molar-refractivity contribution in [3.05, 3.63) is 60.2 Å². The molecule has 0 saturated heterocycles. The third kappa shape index (κ3) is 7.44. The molecule has 0 unspecified atom stereocenters. The maximum atomic E-state index is 12.6. The van der Waals surface area contributed by atoms with Crippen LogP contribution in [0.5, 0.6) is 5.75 Å². The Morgan fingerprint density at radius 3 is 2.44 bits per heavy atom. The lowest BCUT2D eigenvalue weighted by Crippen LogP contribution is -2.32. The van der Waals surface area contributed by atoms with Crippen LogP contribution in [-0.2, 0) is 18.3 Å². The van der Waals surface area contributed by atoms with Crippen LogP contribution in [0.15, 0.2) is 48.9 Å². The smallest absolute Gasteiger partial charge is 0.407 e. The Kier molecular flexibility index (Phi) is 8.60. The number of aromatic nitrogens is 6. The number of aryl methyl sites for hydroxylation is 1. The molecule has 3 heterocycles. The third-order valence-corrected chi connectivity index (χ3v) is 5.48. The summed E-state index contributed by atoms with van der Waals surface area (Å²) in [6.07, 6.45) is 2.71. The van der Waals surface area contributed by atoms with Crippen LogP contribution < -0.4 is 26.0 Å². The number of hydrogen-bond donors (Lipinski definition) is 4. The Hall–Kier alpha value is -5.27. The second-order valence-electron chi connectivity index (χ2n) is 9.86. The zero-order valence-electron chi connectivity index (χ0n) is 23.6. The van der Waals surface area contributed by atoms with E-state index in [-0.39, 0.29) is 12.2 Å². The highest BCUT2D eigenvalue weighted by molar-refractivity contribution is 5.99. The van der Waals surface area contributed by atoms with E-state index in [1.54, 1.807) is 76.4 Å². The molecule has 0 spiro atoms. The number of para-hydroxylation sites is 1. The van der Waals surface area contributed by atoms with Crippen molar-refractivity contribution in [2.24, 2.45) is 7.05 Å². The molecule has 0 saturated carbocycles. The highest BCUT2D eigenvalue weighted by Gasteiger charge is 2.19. The number of nitrogens with one attached hydrogen (secondary N) is 4. The Morgan fingerprint density at radius 2 is 1.80 bits per heavy atom. The van der Waals surface area contributed by atoms with Crippen LogP contribution in [-0.4, -0.2) is 61.7 Å². The fourth-order valence-electron chi connectivity index (χ4n) is 3.70. The first kappa shape index (κ1) is 28.7. The summed E-state index contributed by atoms with van der Waals surface area (Å²) in [5.74, 6) is 1.39. The highest BCUT2D eigenvalue weighted by atomic mass is 16.6. The maximum Gasteiger partial charge on any atom is 0.407 e. The molecule has 4 rings (SSSR count). The monoisotopic (exact) mass is 560 g/mol. The Labute approximate surface area is 236 Å². The first-order valence-corrected chi connectivity index (χ1v) is 12.6. The summed E-state index contributed by atoms with van der Waals surface area (Å²) < 4.78 is 12.5. The first-order valence-electron chi connectivity index (χ1n) is 12.6. The van der Waals surface area contributed by atoms with E-state index >= 15 is 0 Å². The number of ether oxygens (including phenoxy) is 2. The number of pyridine rings is 1. The van der Waals surface area contributed by atoms with Gasteiger partial charge >= 0.3 is 6.09 Å². The van der Waals surface area contributed by atoms with Crippen LogP contribution in [0.2, 0.25) is 0 Å². The topological polar surface area (TPSA) is 170 Å². The molecule has 0 radical (unpaired) electrons. The molecule has 41 heavy (non-hydrogen) atoms. The van der Waals surface area contributed by atoms with E-state index in [0.29, 0.717) is 40.1 Å². The molecule has 0 atom stereocenters. The molecule has 214 valence electrons. The molecule has 0 aliphatic carbocycles. The number of nitrogens with zero attached hydrogens (tertiary/aromatic N) is 6. The van der Waals surface area contributed by atoms with Crippen molar-refractivity contribution >= 4 is 35.0 Å². The molecular weight excluding hydrogens is 528 g/mol. The quantitative estimate of drug-likeness (QED) is 0.236. The van der Waals surface area contributed by atoms with Crippen molar-refractivity contribution < 1.29 is 19.1 Å². The van der Waals surface area contributed by atoms with E-state index < -0.39 is 17.6 Å². The number of alkyl carbamates (subject to hydrolysis) is 1. The molecule has 2 amide bonds. The number of amides is 2.